The van der Waals surface area contributed by atoms with Gasteiger partial charge in [-0.05, 0) is 30.3 Å². The van der Waals surface area contributed by atoms with Crippen LogP contribution in [0.5, 0.6) is 11.5 Å². The zero-order chi connectivity index (χ0) is 25.1. The Hall–Kier alpha value is -3.29. The lowest BCUT2D eigenvalue weighted by Gasteiger charge is -2.44. The molecule has 5 unspecified atom stereocenters. The third-order valence-electron chi connectivity index (χ3n) is 5.65. The van der Waals surface area contributed by atoms with Crippen molar-refractivity contribution in [3.05, 3.63) is 53.6 Å². The minimum atomic E-state index is -3.89. The van der Waals surface area contributed by atoms with Crippen LogP contribution in [0.3, 0.4) is 0 Å². The SMILES string of the molecule is O=C(O)C1OC(N(c2ccc3c(c2)OC(F)(F)O3)c2ccc3cccc(Cl)c3n2)C(O)C(O)C1O. The van der Waals surface area contributed by atoms with Gasteiger partial charge in [0.25, 0.3) is 0 Å². The van der Waals surface area contributed by atoms with Crippen LogP contribution in [0.15, 0.2) is 48.5 Å². The van der Waals surface area contributed by atoms with E-state index in [0.29, 0.717) is 15.9 Å². The molecule has 3 heterocycles. The number of aliphatic hydroxyl groups is 3. The fourth-order valence-corrected chi connectivity index (χ4v) is 4.23. The van der Waals surface area contributed by atoms with Gasteiger partial charge in [-0.15, -0.1) is 8.78 Å². The summed E-state index contributed by atoms with van der Waals surface area (Å²) in [6.07, 6.45) is -13.1. The number of benzene rings is 2. The van der Waals surface area contributed by atoms with Crippen LogP contribution in [-0.2, 0) is 9.53 Å². The van der Waals surface area contributed by atoms with Crippen LogP contribution in [0.2, 0.25) is 5.02 Å². The molecular formula is C22H17ClF2N2O8. The molecule has 1 fully saturated rings. The summed E-state index contributed by atoms with van der Waals surface area (Å²) in [7, 11) is 0. The van der Waals surface area contributed by atoms with Gasteiger partial charge in [0, 0.05) is 17.1 Å². The van der Waals surface area contributed by atoms with Crippen LogP contribution < -0.4 is 14.4 Å². The van der Waals surface area contributed by atoms with E-state index in [0.717, 1.165) is 6.07 Å². The zero-order valence-electron chi connectivity index (χ0n) is 17.5. The van der Waals surface area contributed by atoms with Crippen molar-refractivity contribution in [3.8, 4) is 11.5 Å². The molecule has 5 atom stereocenters. The molecule has 0 radical (unpaired) electrons. The summed E-state index contributed by atoms with van der Waals surface area (Å²) in [5.41, 5.74) is 0.422. The molecule has 2 aliphatic heterocycles. The Bertz CT molecular complexity index is 1310. The summed E-state index contributed by atoms with van der Waals surface area (Å²) in [4.78, 5) is 17.3. The van der Waals surface area contributed by atoms with Gasteiger partial charge in [0.15, 0.2) is 23.8 Å². The zero-order valence-corrected chi connectivity index (χ0v) is 18.2. The molecule has 35 heavy (non-hydrogen) atoms. The molecule has 0 bridgehead atoms. The first-order valence-corrected chi connectivity index (χ1v) is 10.6. The number of hydrogen-bond acceptors (Lipinski definition) is 9. The fourth-order valence-electron chi connectivity index (χ4n) is 4.01. The van der Waals surface area contributed by atoms with Gasteiger partial charge in [0.1, 0.15) is 24.1 Å². The monoisotopic (exact) mass is 510 g/mol. The molecule has 4 N–H and O–H groups in total. The Morgan fingerprint density at radius 1 is 1.00 bits per heavy atom. The van der Waals surface area contributed by atoms with E-state index in [1.54, 1.807) is 24.3 Å². The third-order valence-corrected chi connectivity index (χ3v) is 5.96. The molecule has 3 aromatic rings. The number of anilines is 2. The Labute approximate surface area is 200 Å². The molecule has 0 amide bonds. The summed E-state index contributed by atoms with van der Waals surface area (Å²) >= 11 is 6.28. The first-order valence-electron chi connectivity index (χ1n) is 10.2. The maximum atomic E-state index is 13.6. The molecule has 0 spiro atoms. The number of alkyl halides is 2. The van der Waals surface area contributed by atoms with Crippen molar-refractivity contribution < 1.29 is 48.2 Å². The summed E-state index contributed by atoms with van der Waals surface area (Å²) in [6.45, 7) is 0. The van der Waals surface area contributed by atoms with E-state index in [1.165, 1.54) is 23.1 Å². The lowest BCUT2D eigenvalue weighted by Crippen LogP contribution is -2.63. The predicted molar refractivity (Wildman–Crippen MR) is 116 cm³/mol. The minimum absolute atomic E-state index is 0.0630. The van der Waals surface area contributed by atoms with E-state index >= 15 is 0 Å². The largest absolute Gasteiger partial charge is 0.586 e. The topological polar surface area (TPSA) is 142 Å². The molecule has 0 aliphatic carbocycles. The van der Waals surface area contributed by atoms with Gasteiger partial charge < -0.3 is 34.6 Å². The van der Waals surface area contributed by atoms with Crippen LogP contribution in [0, 0.1) is 0 Å². The van der Waals surface area contributed by atoms with Gasteiger partial charge in [-0.3, -0.25) is 4.90 Å². The summed E-state index contributed by atoms with van der Waals surface area (Å²) < 4.78 is 41.6. The van der Waals surface area contributed by atoms with E-state index in [4.69, 9.17) is 16.3 Å². The normalized spacial score (nSPS) is 27.1. The summed E-state index contributed by atoms with van der Waals surface area (Å²) in [5.74, 6) is -2.12. The fraction of sp³-hybridized carbons (Fsp3) is 0.273. The Balaban J connectivity index is 1.66. The van der Waals surface area contributed by atoms with Crippen molar-refractivity contribution in [2.24, 2.45) is 0 Å². The molecule has 1 saturated heterocycles. The van der Waals surface area contributed by atoms with Crippen LogP contribution >= 0.6 is 11.6 Å². The highest BCUT2D eigenvalue weighted by Crippen LogP contribution is 2.45. The van der Waals surface area contributed by atoms with E-state index in [9.17, 15) is 34.0 Å². The number of fused-ring (bicyclic) bond motifs is 2. The number of aliphatic hydroxyl groups excluding tert-OH is 3. The number of rotatable bonds is 4. The third kappa shape index (κ3) is 4.09. The van der Waals surface area contributed by atoms with E-state index in [2.05, 4.69) is 14.5 Å². The van der Waals surface area contributed by atoms with Crippen molar-refractivity contribution in [1.82, 2.24) is 4.98 Å². The highest BCUT2D eigenvalue weighted by molar-refractivity contribution is 6.35. The number of pyridine rings is 1. The lowest BCUT2D eigenvalue weighted by atomic mass is 9.97. The molecule has 10 nitrogen and oxygen atoms in total. The molecule has 5 rings (SSSR count). The van der Waals surface area contributed by atoms with Crippen LogP contribution in [0.1, 0.15) is 0 Å². The number of ether oxygens (including phenoxy) is 3. The molecule has 184 valence electrons. The number of aromatic nitrogens is 1. The average molecular weight is 511 g/mol. The number of carboxylic acids is 1. The van der Waals surface area contributed by atoms with E-state index in [1.807, 2.05) is 0 Å². The number of aliphatic carboxylic acids is 1. The summed E-state index contributed by atoms with van der Waals surface area (Å²) in [6, 6.07) is 11.9. The van der Waals surface area contributed by atoms with E-state index < -0.39 is 42.9 Å². The first-order chi connectivity index (χ1) is 16.6. The predicted octanol–water partition coefficient (Wildman–Crippen LogP) is 2.24. The number of hydrogen-bond donors (Lipinski definition) is 4. The van der Waals surface area contributed by atoms with Gasteiger partial charge in [-0.2, -0.15) is 0 Å². The van der Waals surface area contributed by atoms with Crippen molar-refractivity contribution in [2.45, 2.75) is 36.9 Å². The van der Waals surface area contributed by atoms with Gasteiger partial charge in [-0.1, -0.05) is 23.7 Å². The van der Waals surface area contributed by atoms with Crippen LogP contribution in [0.25, 0.3) is 10.9 Å². The maximum absolute atomic E-state index is 13.6. The molecule has 2 aliphatic rings. The standard InChI is InChI=1S/C22H17ClF2N2O8/c23-11-3-1-2-9-4-7-14(26-15(9)11)27(10-5-6-12-13(8-10)35-22(24,25)34-12)20-18(30)16(28)17(29)19(33-20)21(31)32/h1-8,16-20,28-30H,(H,31,32). The second-order valence-electron chi connectivity index (χ2n) is 7.91. The van der Waals surface area contributed by atoms with Crippen molar-refractivity contribution in [3.63, 3.8) is 0 Å². The van der Waals surface area contributed by atoms with Crippen LogP contribution in [-0.4, -0.2) is 68.3 Å². The van der Waals surface area contributed by atoms with Gasteiger partial charge in [0.2, 0.25) is 0 Å². The Morgan fingerprint density at radius 3 is 2.49 bits per heavy atom. The molecule has 0 saturated carbocycles. The van der Waals surface area contributed by atoms with E-state index in [-0.39, 0.29) is 23.0 Å². The Kier molecular flexibility index (Phi) is 5.65. The maximum Gasteiger partial charge on any atom is 0.586 e. The molecule has 1 aromatic heterocycles. The van der Waals surface area contributed by atoms with Gasteiger partial charge >= 0.3 is 12.3 Å². The van der Waals surface area contributed by atoms with Crippen molar-refractivity contribution in [2.75, 3.05) is 4.90 Å². The molecule has 2 aromatic carbocycles. The number of carbonyl (C=O) groups is 1. The van der Waals surface area contributed by atoms with Crippen LogP contribution in [0.4, 0.5) is 20.3 Å². The quantitative estimate of drug-likeness (QED) is 0.413. The molecule has 13 heteroatoms. The Morgan fingerprint density at radius 2 is 1.74 bits per heavy atom. The lowest BCUT2D eigenvalue weighted by molar-refractivity contribution is -0.286. The highest BCUT2D eigenvalue weighted by atomic mass is 35.5. The minimum Gasteiger partial charge on any atom is -0.479 e. The number of nitrogens with zero attached hydrogens (tertiary/aromatic N) is 2. The van der Waals surface area contributed by atoms with Crippen molar-refractivity contribution >= 4 is 40.0 Å². The van der Waals surface area contributed by atoms with Gasteiger partial charge in [0.05, 0.1) is 10.5 Å². The second kappa shape index (κ2) is 8.43. The average Bonchev–Trinajstić information content (AvgIpc) is 3.12. The number of carboxylic acid groups (broad SMARTS) is 1. The number of para-hydroxylation sites is 1. The summed E-state index contributed by atoms with van der Waals surface area (Å²) in [5, 5.41) is 41.6. The van der Waals surface area contributed by atoms with Gasteiger partial charge in [-0.25, -0.2) is 9.78 Å². The second-order valence-corrected chi connectivity index (χ2v) is 8.31. The highest BCUT2D eigenvalue weighted by Gasteiger charge is 2.50. The molecular weight excluding hydrogens is 494 g/mol. The number of halogens is 3. The smallest absolute Gasteiger partial charge is 0.479 e. The van der Waals surface area contributed by atoms with Crippen molar-refractivity contribution in [1.29, 1.82) is 0 Å². The first kappa shape index (κ1) is 23.5.